The Morgan fingerprint density at radius 3 is 1.86 bits per heavy atom. The maximum atomic E-state index is 12.7. The Labute approximate surface area is 167 Å². The summed E-state index contributed by atoms with van der Waals surface area (Å²) in [4.78, 5) is 39.2. The fraction of sp³-hybridized carbons (Fsp3) is 0.300. The van der Waals surface area contributed by atoms with Crippen molar-refractivity contribution in [2.45, 2.75) is 0 Å². The lowest BCUT2D eigenvalue weighted by Gasteiger charge is -2.34. The largest absolute Gasteiger partial charge is 0.497 e. The Kier molecular flexibility index (Phi) is 5.96. The fourth-order valence-electron chi connectivity index (χ4n) is 3.18. The quantitative estimate of drug-likeness (QED) is 0.564. The van der Waals surface area contributed by atoms with E-state index in [-0.39, 0.29) is 28.8 Å². The summed E-state index contributed by atoms with van der Waals surface area (Å²) in [5, 5.41) is 11.2. The van der Waals surface area contributed by atoms with Gasteiger partial charge in [0.15, 0.2) is 5.75 Å². The maximum absolute atomic E-state index is 12.7. The Morgan fingerprint density at radius 2 is 1.38 bits per heavy atom. The van der Waals surface area contributed by atoms with Gasteiger partial charge in [-0.1, -0.05) is 0 Å². The molecule has 2 aromatic rings. The van der Waals surface area contributed by atoms with Gasteiger partial charge in [-0.3, -0.25) is 19.7 Å². The second kappa shape index (κ2) is 8.59. The molecule has 0 aromatic heterocycles. The molecule has 0 aliphatic carbocycles. The smallest absolute Gasteiger partial charge is 0.311 e. The third kappa shape index (κ3) is 4.29. The van der Waals surface area contributed by atoms with Gasteiger partial charge < -0.3 is 19.3 Å². The van der Waals surface area contributed by atoms with Gasteiger partial charge in [0.1, 0.15) is 5.75 Å². The summed E-state index contributed by atoms with van der Waals surface area (Å²) in [5.41, 5.74) is 0.510. The van der Waals surface area contributed by atoms with E-state index < -0.39 is 4.92 Å². The Balaban J connectivity index is 1.65. The zero-order valence-corrected chi connectivity index (χ0v) is 16.2. The van der Waals surface area contributed by atoms with Crippen LogP contribution in [0, 0.1) is 10.1 Å². The average Bonchev–Trinajstić information content (AvgIpc) is 2.77. The number of methoxy groups -OCH3 is 2. The predicted molar refractivity (Wildman–Crippen MR) is 104 cm³/mol. The summed E-state index contributed by atoms with van der Waals surface area (Å²) < 4.78 is 10.1. The van der Waals surface area contributed by atoms with Gasteiger partial charge in [-0.2, -0.15) is 0 Å². The molecule has 0 atom stereocenters. The average molecular weight is 399 g/mol. The highest BCUT2D eigenvalue weighted by Crippen LogP contribution is 2.28. The number of benzene rings is 2. The monoisotopic (exact) mass is 399 g/mol. The van der Waals surface area contributed by atoms with Crippen LogP contribution in [0.2, 0.25) is 0 Å². The number of piperazine rings is 1. The minimum atomic E-state index is -0.582. The SMILES string of the molecule is COc1ccc(C(=O)N2CCN(C(=O)c3ccc(OC)c([N+](=O)[O-])c3)CC2)cc1. The molecule has 9 nitrogen and oxygen atoms in total. The number of nitro groups is 1. The first-order chi connectivity index (χ1) is 13.9. The minimum absolute atomic E-state index is 0.0986. The van der Waals surface area contributed by atoms with Crippen LogP contribution in [0.5, 0.6) is 11.5 Å². The molecule has 1 heterocycles. The summed E-state index contributed by atoms with van der Waals surface area (Å²) in [6.07, 6.45) is 0. The van der Waals surface area contributed by atoms with Crippen LogP contribution >= 0.6 is 0 Å². The van der Waals surface area contributed by atoms with Gasteiger partial charge in [0.05, 0.1) is 19.1 Å². The minimum Gasteiger partial charge on any atom is -0.497 e. The van der Waals surface area contributed by atoms with Crippen molar-refractivity contribution in [1.82, 2.24) is 9.80 Å². The lowest BCUT2D eigenvalue weighted by atomic mass is 10.1. The number of nitro benzene ring substituents is 1. The lowest BCUT2D eigenvalue weighted by molar-refractivity contribution is -0.385. The first-order valence-corrected chi connectivity index (χ1v) is 8.99. The molecule has 1 aliphatic heterocycles. The molecule has 0 spiro atoms. The molecule has 0 saturated carbocycles. The van der Waals surface area contributed by atoms with Crippen molar-refractivity contribution in [3.63, 3.8) is 0 Å². The number of amides is 2. The number of nitrogens with zero attached hydrogens (tertiary/aromatic N) is 3. The van der Waals surface area contributed by atoms with Gasteiger partial charge in [-0.05, 0) is 36.4 Å². The summed E-state index contributed by atoms with van der Waals surface area (Å²) in [5.74, 6) is 0.346. The Hall–Kier alpha value is -3.62. The molecule has 3 rings (SSSR count). The van der Waals surface area contributed by atoms with Gasteiger partial charge >= 0.3 is 5.69 Å². The molecule has 1 aliphatic rings. The molecule has 9 heteroatoms. The van der Waals surface area contributed by atoms with E-state index in [2.05, 4.69) is 0 Å². The van der Waals surface area contributed by atoms with Crippen molar-refractivity contribution in [1.29, 1.82) is 0 Å². The number of hydrogen-bond donors (Lipinski definition) is 0. The molecule has 0 unspecified atom stereocenters. The number of rotatable bonds is 5. The van der Waals surface area contributed by atoms with Crippen molar-refractivity contribution >= 4 is 17.5 Å². The molecule has 0 N–H and O–H groups in total. The molecule has 1 fully saturated rings. The van der Waals surface area contributed by atoms with E-state index in [4.69, 9.17) is 9.47 Å². The van der Waals surface area contributed by atoms with E-state index >= 15 is 0 Å². The molecule has 29 heavy (non-hydrogen) atoms. The van der Waals surface area contributed by atoms with Gasteiger partial charge in [0.2, 0.25) is 0 Å². The van der Waals surface area contributed by atoms with Gasteiger partial charge in [0, 0.05) is 43.4 Å². The van der Waals surface area contributed by atoms with Crippen molar-refractivity contribution in [2.24, 2.45) is 0 Å². The molecule has 2 aromatic carbocycles. The molecule has 0 bridgehead atoms. The zero-order valence-electron chi connectivity index (χ0n) is 16.2. The van der Waals surface area contributed by atoms with Crippen LogP contribution in [-0.2, 0) is 0 Å². The number of carbonyl (C=O) groups excluding carboxylic acids is 2. The zero-order chi connectivity index (χ0) is 21.0. The molecular formula is C20H21N3O6. The number of ether oxygens (including phenoxy) is 2. The standard InChI is InChI=1S/C20H21N3O6/c1-28-16-6-3-14(4-7-16)19(24)21-9-11-22(12-10-21)20(25)15-5-8-18(29-2)17(13-15)23(26)27/h3-8,13H,9-12H2,1-2H3. The second-order valence-electron chi connectivity index (χ2n) is 6.46. The highest BCUT2D eigenvalue weighted by atomic mass is 16.6. The highest BCUT2D eigenvalue weighted by molar-refractivity contribution is 5.96. The van der Waals surface area contributed by atoms with Crippen LogP contribution < -0.4 is 9.47 Å². The van der Waals surface area contributed by atoms with Crippen molar-refractivity contribution < 1.29 is 24.0 Å². The van der Waals surface area contributed by atoms with E-state index in [0.717, 1.165) is 0 Å². The van der Waals surface area contributed by atoms with Gasteiger partial charge in [-0.25, -0.2) is 0 Å². The van der Waals surface area contributed by atoms with E-state index in [1.165, 1.54) is 25.3 Å². The van der Waals surface area contributed by atoms with Crippen LogP contribution in [0.25, 0.3) is 0 Å². The summed E-state index contributed by atoms with van der Waals surface area (Å²) in [6, 6.07) is 11.0. The van der Waals surface area contributed by atoms with Crippen LogP contribution in [0.4, 0.5) is 5.69 Å². The highest BCUT2D eigenvalue weighted by Gasteiger charge is 2.27. The normalized spacial score (nSPS) is 13.7. The van der Waals surface area contributed by atoms with E-state index in [9.17, 15) is 19.7 Å². The summed E-state index contributed by atoms with van der Waals surface area (Å²) in [6.45, 7) is 1.46. The van der Waals surface area contributed by atoms with Gasteiger partial charge in [-0.15, -0.1) is 0 Å². The van der Waals surface area contributed by atoms with Gasteiger partial charge in [0.25, 0.3) is 11.8 Å². The first-order valence-electron chi connectivity index (χ1n) is 8.99. The Bertz CT molecular complexity index is 920. The van der Waals surface area contributed by atoms with E-state index in [1.54, 1.807) is 41.2 Å². The Morgan fingerprint density at radius 1 is 0.862 bits per heavy atom. The third-order valence-electron chi connectivity index (χ3n) is 4.81. The number of hydrogen-bond acceptors (Lipinski definition) is 6. The van der Waals surface area contributed by atoms with Crippen LogP contribution in [-0.4, -0.2) is 66.9 Å². The van der Waals surface area contributed by atoms with Crippen LogP contribution in [0.15, 0.2) is 42.5 Å². The summed E-state index contributed by atoms with van der Waals surface area (Å²) in [7, 11) is 2.90. The molecule has 152 valence electrons. The van der Waals surface area contributed by atoms with Crippen LogP contribution in [0.1, 0.15) is 20.7 Å². The topological polar surface area (TPSA) is 102 Å². The third-order valence-corrected chi connectivity index (χ3v) is 4.81. The van der Waals surface area contributed by atoms with Crippen LogP contribution in [0.3, 0.4) is 0 Å². The lowest BCUT2D eigenvalue weighted by Crippen LogP contribution is -2.50. The van der Waals surface area contributed by atoms with E-state index in [1.807, 2.05) is 0 Å². The molecule has 2 amide bonds. The van der Waals surface area contributed by atoms with E-state index in [0.29, 0.717) is 37.5 Å². The second-order valence-corrected chi connectivity index (χ2v) is 6.46. The summed E-state index contributed by atoms with van der Waals surface area (Å²) >= 11 is 0. The maximum Gasteiger partial charge on any atom is 0.311 e. The number of carbonyl (C=O) groups is 2. The fourth-order valence-corrected chi connectivity index (χ4v) is 3.18. The molecular weight excluding hydrogens is 378 g/mol. The van der Waals surface area contributed by atoms with Crippen molar-refractivity contribution in [2.75, 3.05) is 40.4 Å². The molecule has 1 saturated heterocycles. The first kappa shape index (κ1) is 20.1. The molecule has 0 radical (unpaired) electrons. The van der Waals surface area contributed by atoms with Crippen molar-refractivity contribution in [3.05, 3.63) is 63.7 Å². The predicted octanol–water partition coefficient (Wildman–Crippen LogP) is 2.21. The van der Waals surface area contributed by atoms with Crippen molar-refractivity contribution in [3.8, 4) is 11.5 Å².